The van der Waals surface area contributed by atoms with Crippen LogP contribution >= 0.6 is 7.29 Å². The van der Waals surface area contributed by atoms with Crippen molar-refractivity contribution < 1.29 is 18.9 Å². The van der Waals surface area contributed by atoms with Gasteiger partial charge in [-0.3, -0.25) is 19.2 Å². The van der Waals surface area contributed by atoms with Crippen LogP contribution in [0.25, 0.3) is 0 Å². The summed E-state index contributed by atoms with van der Waals surface area (Å²) in [4.78, 5) is 25.0. The van der Waals surface area contributed by atoms with E-state index in [1.165, 1.54) is 0 Å². The molecule has 0 saturated carbocycles. The second-order valence-corrected chi connectivity index (χ2v) is 11.0. The van der Waals surface area contributed by atoms with E-state index in [4.69, 9.17) is 4.74 Å². The van der Waals surface area contributed by atoms with Crippen molar-refractivity contribution in [2.24, 2.45) is 0 Å². The molecule has 0 aromatic heterocycles. The van der Waals surface area contributed by atoms with Crippen molar-refractivity contribution in [1.82, 2.24) is 10.4 Å². The molecule has 4 aromatic rings. The summed E-state index contributed by atoms with van der Waals surface area (Å²) in [6.45, 7) is -0.346. The Balaban J connectivity index is 1.33. The van der Waals surface area contributed by atoms with Crippen molar-refractivity contribution in [3.63, 3.8) is 0 Å². The van der Waals surface area contributed by atoms with Gasteiger partial charge in [0, 0.05) is 16.5 Å². The summed E-state index contributed by atoms with van der Waals surface area (Å²) in [5.74, 6) is -1.11. The normalized spacial score (nSPS) is 11.2. The molecule has 0 atom stereocenters. The first kappa shape index (κ1) is 26.1. The first-order valence-corrected chi connectivity index (χ1v) is 13.8. The molecule has 7 heteroatoms. The highest BCUT2D eigenvalue weighted by Crippen LogP contribution is 2.38. The molecule has 6 nitrogen and oxygen atoms in total. The van der Waals surface area contributed by atoms with E-state index >= 15 is 0 Å². The molecule has 2 N–H and O–H groups in total. The number of carbonyl (C=O) groups is 2. The predicted octanol–water partition coefficient (Wildman–Crippen LogP) is 4.00. The van der Waals surface area contributed by atoms with E-state index in [0.717, 1.165) is 11.1 Å². The van der Waals surface area contributed by atoms with Crippen LogP contribution < -0.4 is 21.0 Å². The van der Waals surface area contributed by atoms with Crippen LogP contribution in [0.3, 0.4) is 0 Å². The fourth-order valence-electron chi connectivity index (χ4n) is 4.01. The zero-order valence-corrected chi connectivity index (χ0v) is 21.2. The Morgan fingerprint density at radius 1 is 0.649 bits per heavy atom. The maximum atomic E-state index is 13.9. The molecule has 0 bridgehead atoms. The van der Waals surface area contributed by atoms with E-state index in [1.807, 2.05) is 72.8 Å². The Hall–Kier alpha value is -3.99. The number of rotatable bonds is 11. The summed E-state index contributed by atoms with van der Waals surface area (Å²) >= 11 is 0. The van der Waals surface area contributed by atoms with Gasteiger partial charge in [0.1, 0.15) is 13.2 Å². The van der Waals surface area contributed by atoms with Gasteiger partial charge in [-0.05, 0) is 35.4 Å². The maximum absolute atomic E-state index is 13.9. The van der Waals surface area contributed by atoms with Crippen LogP contribution in [0.5, 0.6) is 0 Å². The molecule has 0 fully saturated rings. The third kappa shape index (κ3) is 7.04. The van der Waals surface area contributed by atoms with Crippen molar-refractivity contribution >= 4 is 29.8 Å². The second-order valence-electron chi connectivity index (χ2n) is 8.45. The van der Waals surface area contributed by atoms with Gasteiger partial charge in [0.05, 0.1) is 6.54 Å². The van der Waals surface area contributed by atoms with Gasteiger partial charge >= 0.3 is 5.97 Å². The number of hydrogen-bond acceptors (Lipinski definition) is 4. The summed E-state index contributed by atoms with van der Waals surface area (Å²) < 4.78 is 19.4. The molecule has 0 saturated heterocycles. The average Bonchev–Trinajstić information content (AvgIpc) is 2.97. The van der Waals surface area contributed by atoms with Crippen molar-refractivity contribution in [2.75, 3.05) is 19.7 Å². The molecule has 188 valence electrons. The minimum atomic E-state index is -3.25. The van der Waals surface area contributed by atoms with Gasteiger partial charge < -0.3 is 10.1 Å². The van der Waals surface area contributed by atoms with Gasteiger partial charge in [-0.2, -0.15) is 0 Å². The van der Waals surface area contributed by atoms with Gasteiger partial charge in [-0.15, -0.1) is 0 Å². The Labute approximate surface area is 217 Å². The molecule has 0 spiro atoms. The number of amides is 1. The molecular weight excluding hydrogens is 483 g/mol. The largest absolute Gasteiger partial charge is 0.463 e. The summed E-state index contributed by atoms with van der Waals surface area (Å²) in [6.07, 6.45) is 0. The van der Waals surface area contributed by atoms with Gasteiger partial charge in [0.25, 0.3) is 0 Å². The average molecular weight is 513 g/mol. The number of hydrogen-bond donors (Lipinski definition) is 2. The Bertz CT molecular complexity index is 1250. The van der Waals surface area contributed by atoms with Crippen LogP contribution in [0.2, 0.25) is 0 Å². The Morgan fingerprint density at radius 2 is 1.08 bits per heavy atom. The first-order valence-electron chi connectivity index (χ1n) is 12.0. The lowest BCUT2D eigenvalue weighted by Crippen LogP contribution is -2.39. The standard InChI is InChI=1S/C30H29N2O4P/c33-29(21-32-37(35,26-17-9-3-10-18-26)27-19-11-4-12-20-27)31-22-30(34)36-23-28(24-13-5-1-6-14-24)25-15-7-2-8-16-25/h1-20,28H,21-23H2,(H,31,33)(H,32,35). The highest BCUT2D eigenvalue weighted by Gasteiger charge is 2.27. The van der Waals surface area contributed by atoms with E-state index in [0.29, 0.717) is 10.6 Å². The van der Waals surface area contributed by atoms with E-state index in [2.05, 4.69) is 10.4 Å². The van der Waals surface area contributed by atoms with Crippen molar-refractivity contribution in [3.8, 4) is 0 Å². The highest BCUT2D eigenvalue weighted by molar-refractivity contribution is 7.76. The van der Waals surface area contributed by atoms with Crippen LogP contribution in [0, 0.1) is 0 Å². The quantitative estimate of drug-likeness (QED) is 0.235. The van der Waals surface area contributed by atoms with E-state index in [-0.39, 0.29) is 25.6 Å². The molecule has 0 aliphatic rings. The number of esters is 1. The van der Waals surface area contributed by atoms with Gasteiger partial charge in [-0.1, -0.05) is 97.1 Å². The summed E-state index contributed by atoms with van der Waals surface area (Å²) in [5.41, 5.74) is 2.07. The van der Waals surface area contributed by atoms with Crippen molar-refractivity contribution in [3.05, 3.63) is 132 Å². The van der Waals surface area contributed by atoms with Crippen molar-refractivity contribution in [1.29, 1.82) is 0 Å². The molecule has 4 aromatic carbocycles. The maximum Gasteiger partial charge on any atom is 0.325 e. The zero-order chi connectivity index (χ0) is 25.9. The van der Waals surface area contributed by atoms with Gasteiger partial charge in [0.2, 0.25) is 13.2 Å². The molecule has 0 unspecified atom stereocenters. The van der Waals surface area contributed by atoms with Crippen LogP contribution in [-0.4, -0.2) is 31.6 Å². The van der Waals surface area contributed by atoms with E-state index in [1.54, 1.807) is 48.5 Å². The summed E-state index contributed by atoms with van der Waals surface area (Å²) in [5, 5.41) is 6.70. The van der Waals surface area contributed by atoms with Gasteiger partial charge in [0.15, 0.2) is 0 Å². The Morgan fingerprint density at radius 3 is 1.54 bits per heavy atom. The summed E-state index contributed by atoms with van der Waals surface area (Å²) in [6, 6.07) is 37.7. The monoisotopic (exact) mass is 512 g/mol. The summed E-state index contributed by atoms with van der Waals surface area (Å²) in [7, 11) is -3.25. The van der Waals surface area contributed by atoms with Crippen molar-refractivity contribution in [2.45, 2.75) is 5.92 Å². The zero-order valence-electron chi connectivity index (χ0n) is 20.3. The number of ether oxygens (including phenoxy) is 1. The first-order chi connectivity index (χ1) is 18.1. The third-order valence-corrected chi connectivity index (χ3v) is 8.60. The number of benzene rings is 4. The molecule has 0 aliphatic carbocycles. The van der Waals surface area contributed by atoms with Crippen LogP contribution in [0.4, 0.5) is 0 Å². The minimum Gasteiger partial charge on any atom is -0.463 e. The SMILES string of the molecule is O=C(CNP(=O)(c1ccccc1)c1ccccc1)NCC(=O)OCC(c1ccccc1)c1ccccc1. The predicted molar refractivity (Wildman–Crippen MR) is 146 cm³/mol. The molecule has 0 aliphatic heterocycles. The highest BCUT2D eigenvalue weighted by atomic mass is 31.2. The fourth-order valence-corrected chi connectivity index (χ4v) is 6.22. The smallest absolute Gasteiger partial charge is 0.325 e. The van der Waals surface area contributed by atoms with Crippen LogP contribution in [0.15, 0.2) is 121 Å². The lowest BCUT2D eigenvalue weighted by atomic mass is 9.92. The fraction of sp³-hybridized carbons (Fsp3) is 0.133. The number of carbonyl (C=O) groups excluding carboxylic acids is 2. The topological polar surface area (TPSA) is 84.5 Å². The molecular formula is C30H29N2O4P. The lowest BCUT2D eigenvalue weighted by Gasteiger charge is -2.20. The van der Waals surface area contributed by atoms with Crippen LogP contribution in [0.1, 0.15) is 17.0 Å². The van der Waals surface area contributed by atoms with Crippen LogP contribution in [-0.2, 0) is 18.9 Å². The number of nitrogens with one attached hydrogen (secondary N) is 2. The molecule has 0 radical (unpaired) electrons. The van der Waals surface area contributed by atoms with Gasteiger partial charge in [-0.25, -0.2) is 0 Å². The molecule has 4 rings (SSSR count). The third-order valence-electron chi connectivity index (χ3n) is 5.95. The minimum absolute atomic E-state index is 0.119. The molecule has 37 heavy (non-hydrogen) atoms. The second kappa shape index (κ2) is 12.8. The lowest BCUT2D eigenvalue weighted by molar-refractivity contribution is -0.144. The Kier molecular flexibility index (Phi) is 9.03. The van der Waals surface area contributed by atoms with E-state index < -0.39 is 19.2 Å². The van der Waals surface area contributed by atoms with E-state index in [9.17, 15) is 14.2 Å². The molecule has 0 heterocycles. The molecule has 1 amide bonds.